The van der Waals surface area contributed by atoms with Crippen molar-refractivity contribution in [3.63, 3.8) is 0 Å². The summed E-state index contributed by atoms with van der Waals surface area (Å²) in [5, 5.41) is 4.55. The molecule has 0 atom stereocenters. The smallest absolute Gasteiger partial charge is 0.150 e. The van der Waals surface area contributed by atoms with E-state index in [0.717, 1.165) is 29.8 Å². The second-order valence-corrected chi connectivity index (χ2v) is 7.27. The Morgan fingerprint density at radius 2 is 1.89 bits per heavy atom. The van der Waals surface area contributed by atoms with Gasteiger partial charge in [0, 0.05) is 23.6 Å². The van der Waals surface area contributed by atoms with Gasteiger partial charge >= 0.3 is 0 Å². The number of sulfone groups is 1. The van der Waals surface area contributed by atoms with Crippen LogP contribution in [0.15, 0.2) is 0 Å². The molecule has 0 aliphatic rings. The summed E-state index contributed by atoms with van der Waals surface area (Å²) in [6.07, 6.45) is 2.33. The largest absolute Gasteiger partial charge is 0.269 e. The summed E-state index contributed by atoms with van der Waals surface area (Å²) in [5.41, 5.74) is 3.29. The van der Waals surface area contributed by atoms with Crippen molar-refractivity contribution in [2.45, 2.75) is 52.5 Å². The van der Waals surface area contributed by atoms with Crippen molar-refractivity contribution in [1.29, 1.82) is 0 Å². The van der Waals surface area contributed by atoms with E-state index >= 15 is 0 Å². The highest BCUT2D eigenvalue weighted by Gasteiger charge is 2.15. The third-order valence-corrected chi connectivity index (χ3v) is 5.38. The first-order valence-corrected chi connectivity index (χ1v) is 9.18. The first-order chi connectivity index (χ1) is 8.99. The maximum Gasteiger partial charge on any atom is 0.150 e. The van der Waals surface area contributed by atoms with E-state index in [2.05, 4.69) is 18.9 Å². The van der Waals surface area contributed by atoms with Gasteiger partial charge in [0.1, 0.15) is 9.84 Å². The molecule has 0 saturated heterocycles. The van der Waals surface area contributed by atoms with Crippen LogP contribution >= 0.6 is 11.6 Å². The van der Waals surface area contributed by atoms with E-state index in [0.29, 0.717) is 18.8 Å². The second kappa shape index (κ2) is 7.29. The van der Waals surface area contributed by atoms with Gasteiger partial charge in [-0.25, -0.2) is 8.42 Å². The molecule has 110 valence electrons. The van der Waals surface area contributed by atoms with E-state index in [4.69, 9.17) is 11.6 Å². The number of aryl methyl sites for hydroxylation is 2. The van der Waals surface area contributed by atoms with Crippen LogP contribution in [0.3, 0.4) is 0 Å². The molecular formula is C13H23ClN2O2S. The van der Waals surface area contributed by atoms with E-state index < -0.39 is 9.84 Å². The third kappa shape index (κ3) is 4.21. The summed E-state index contributed by atoms with van der Waals surface area (Å²) in [5.74, 6) is 0.906. The van der Waals surface area contributed by atoms with Crippen molar-refractivity contribution in [1.82, 2.24) is 9.78 Å². The highest BCUT2D eigenvalue weighted by atomic mass is 35.5. The van der Waals surface area contributed by atoms with Crippen LogP contribution in [0.1, 0.15) is 44.1 Å². The Hall–Kier alpha value is -0.550. The lowest BCUT2D eigenvalue weighted by Crippen LogP contribution is -2.13. The molecule has 0 aromatic carbocycles. The van der Waals surface area contributed by atoms with Crippen LogP contribution in [0.5, 0.6) is 0 Å². The standard InChI is InChI=1S/C13H23ClN2O2S/c1-4-12-11(10-14)13(5-2)16(15-12)8-7-9-19(17,18)6-3/h4-10H2,1-3H3. The van der Waals surface area contributed by atoms with E-state index in [1.165, 1.54) is 0 Å². The molecule has 19 heavy (non-hydrogen) atoms. The number of rotatable bonds is 8. The minimum absolute atomic E-state index is 0.208. The van der Waals surface area contributed by atoms with E-state index in [-0.39, 0.29) is 11.5 Å². The zero-order valence-electron chi connectivity index (χ0n) is 11.9. The average Bonchev–Trinajstić information content (AvgIpc) is 2.75. The molecule has 6 heteroatoms. The van der Waals surface area contributed by atoms with Crippen molar-refractivity contribution in [2.75, 3.05) is 11.5 Å². The summed E-state index contributed by atoms with van der Waals surface area (Å²) in [4.78, 5) is 0. The summed E-state index contributed by atoms with van der Waals surface area (Å²) in [7, 11) is -2.89. The van der Waals surface area contributed by atoms with Gasteiger partial charge in [-0.1, -0.05) is 20.8 Å². The molecule has 4 nitrogen and oxygen atoms in total. The van der Waals surface area contributed by atoms with Crippen molar-refractivity contribution in [3.05, 3.63) is 17.0 Å². The van der Waals surface area contributed by atoms with E-state index in [9.17, 15) is 8.42 Å². The Kier molecular flexibility index (Phi) is 6.33. The minimum atomic E-state index is -2.89. The molecule has 0 bridgehead atoms. The van der Waals surface area contributed by atoms with Gasteiger partial charge in [-0.3, -0.25) is 4.68 Å². The molecule has 0 radical (unpaired) electrons. The average molecular weight is 307 g/mol. The van der Waals surface area contributed by atoms with Gasteiger partial charge in [0.05, 0.1) is 17.3 Å². The summed E-state index contributed by atoms with van der Waals surface area (Å²) in [6, 6.07) is 0. The van der Waals surface area contributed by atoms with Gasteiger partial charge in [-0.2, -0.15) is 5.10 Å². The summed E-state index contributed by atoms with van der Waals surface area (Å²) < 4.78 is 24.9. The lowest BCUT2D eigenvalue weighted by atomic mass is 10.1. The molecule has 1 rings (SSSR count). The lowest BCUT2D eigenvalue weighted by Gasteiger charge is -2.07. The van der Waals surface area contributed by atoms with Crippen LogP contribution in [0.4, 0.5) is 0 Å². The molecule has 0 amide bonds. The zero-order chi connectivity index (χ0) is 14.5. The first kappa shape index (κ1) is 16.5. The molecule has 0 aliphatic heterocycles. The molecule has 0 saturated carbocycles. The fraction of sp³-hybridized carbons (Fsp3) is 0.769. The predicted molar refractivity (Wildman–Crippen MR) is 79.5 cm³/mol. The van der Waals surface area contributed by atoms with E-state index in [1.54, 1.807) is 6.92 Å². The Balaban J connectivity index is 2.81. The van der Waals surface area contributed by atoms with Gasteiger partial charge in [0.2, 0.25) is 0 Å². The fourth-order valence-corrected chi connectivity index (χ4v) is 3.35. The van der Waals surface area contributed by atoms with Gasteiger partial charge in [0.15, 0.2) is 0 Å². The minimum Gasteiger partial charge on any atom is -0.269 e. The van der Waals surface area contributed by atoms with Crippen molar-refractivity contribution in [3.8, 4) is 0 Å². The molecule has 0 unspecified atom stereocenters. The van der Waals surface area contributed by atoms with Crippen LogP contribution in [0.2, 0.25) is 0 Å². The Morgan fingerprint density at radius 3 is 2.37 bits per heavy atom. The van der Waals surface area contributed by atoms with Gasteiger partial charge < -0.3 is 0 Å². The van der Waals surface area contributed by atoms with Crippen LogP contribution in [0, 0.1) is 0 Å². The molecule has 0 aliphatic carbocycles. The second-order valence-electron chi connectivity index (χ2n) is 4.53. The van der Waals surface area contributed by atoms with Gasteiger partial charge in [0.25, 0.3) is 0 Å². The maximum absolute atomic E-state index is 11.5. The van der Waals surface area contributed by atoms with Crippen molar-refractivity contribution < 1.29 is 8.42 Å². The number of hydrogen-bond donors (Lipinski definition) is 0. The van der Waals surface area contributed by atoms with Crippen LogP contribution in [-0.4, -0.2) is 29.7 Å². The molecule has 0 fully saturated rings. The molecule has 0 N–H and O–H groups in total. The van der Waals surface area contributed by atoms with Crippen LogP contribution in [-0.2, 0) is 35.1 Å². The predicted octanol–water partition coefficient (Wildman–Crippen LogP) is 2.57. The number of hydrogen-bond acceptors (Lipinski definition) is 3. The quantitative estimate of drug-likeness (QED) is 0.694. The highest BCUT2D eigenvalue weighted by molar-refractivity contribution is 7.91. The molecule has 1 aromatic rings. The zero-order valence-corrected chi connectivity index (χ0v) is 13.5. The van der Waals surface area contributed by atoms with Gasteiger partial charge in [-0.05, 0) is 19.3 Å². The summed E-state index contributed by atoms with van der Waals surface area (Å²) in [6.45, 7) is 6.46. The maximum atomic E-state index is 11.5. The number of halogens is 1. The fourth-order valence-electron chi connectivity index (χ4n) is 2.19. The monoisotopic (exact) mass is 306 g/mol. The van der Waals surface area contributed by atoms with Crippen molar-refractivity contribution >= 4 is 21.4 Å². The number of aromatic nitrogens is 2. The lowest BCUT2D eigenvalue weighted by molar-refractivity contribution is 0.557. The highest BCUT2D eigenvalue weighted by Crippen LogP contribution is 2.19. The molecule has 0 spiro atoms. The SMILES string of the molecule is CCc1nn(CCCS(=O)(=O)CC)c(CC)c1CCl. The Morgan fingerprint density at radius 1 is 1.21 bits per heavy atom. The van der Waals surface area contributed by atoms with Crippen LogP contribution < -0.4 is 0 Å². The normalized spacial score (nSPS) is 12.0. The summed E-state index contributed by atoms with van der Waals surface area (Å²) >= 11 is 5.99. The topological polar surface area (TPSA) is 52.0 Å². The number of alkyl halides is 1. The van der Waals surface area contributed by atoms with Crippen LogP contribution in [0.25, 0.3) is 0 Å². The Bertz CT molecular complexity index is 509. The van der Waals surface area contributed by atoms with Gasteiger partial charge in [-0.15, -0.1) is 11.6 Å². The molecule has 1 heterocycles. The van der Waals surface area contributed by atoms with E-state index in [1.807, 2.05) is 4.68 Å². The Labute approximate surface area is 121 Å². The van der Waals surface area contributed by atoms with Crippen molar-refractivity contribution in [2.24, 2.45) is 0 Å². The third-order valence-electron chi connectivity index (χ3n) is 3.32. The molecular weight excluding hydrogens is 284 g/mol. The first-order valence-electron chi connectivity index (χ1n) is 6.82. The number of nitrogens with zero attached hydrogens (tertiary/aromatic N) is 2. The molecule has 1 aromatic heterocycles.